The van der Waals surface area contributed by atoms with Gasteiger partial charge in [0.15, 0.2) is 0 Å². The number of halogens is 1. The van der Waals surface area contributed by atoms with E-state index in [1.165, 1.54) is 0 Å². The first-order valence-corrected chi connectivity index (χ1v) is 5.29. The van der Waals surface area contributed by atoms with Gasteiger partial charge in [-0.2, -0.15) is 0 Å². The predicted octanol–water partition coefficient (Wildman–Crippen LogP) is 2.97. The standard InChI is InChI=1S/C11H14ClN3O/c1-2-3-6-14-11(16)15-10-5-4-8(13)7-9(10)12/h3-7H,2,13H2,1H3,(H2,14,15,16)/b6-3+. The Bertz CT molecular complexity index is 404. The van der Waals surface area contributed by atoms with Crippen LogP contribution < -0.4 is 16.4 Å². The van der Waals surface area contributed by atoms with E-state index in [0.717, 1.165) is 6.42 Å². The van der Waals surface area contributed by atoms with Crippen LogP contribution in [0.15, 0.2) is 30.5 Å². The van der Waals surface area contributed by atoms with Crippen LogP contribution in [0.4, 0.5) is 16.2 Å². The number of nitrogens with one attached hydrogen (secondary N) is 2. The summed E-state index contributed by atoms with van der Waals surface area (Å²) in [5.74, 6) is 0. The van der Waals surface area contributed by atoms with E-state index in [1.54, 1.807) is 24.4 Å². The van der Waals surface area contributed by atoms with Gasteiger partial charge in [-0.05, 0) is 24.6 Å². The van der Waals surface area contributed by atoms with E-state index in [2.05, 4.69) is 10.6 Å². The van der Waals surface area contributed by atoms with E-state index in [1.807, 2.05) is 13.0 Å². The number of nitrogen functional groups attached to an aromatic ring is 1. The first kappa shape index (κ1) is 12.4. The van der Waals surface area contributed by atoms with Crippen LogP contribution in [0.2, 0.25) is 5.02 Å². The lowest BCUT2D eigenvalue weighted by Crippen LogP contribution is -2.23. The van der Waals surface area contributed by atoms with Gasteiger partial charge in [0.05, 0.1) is 10.7 Å². The predicted molar refractivity (Wildman–Crippen MR) is 67.4 cm³/mol. The molecular formula is C11H14ClN3O. The van der Waals surface area contributed by atoms with Crippen molar-refractivity contribution in [2.75, 3.05) is 11.1 Å². The number of nitrogens with two attached hydrogens (primary N) is 1. The minimum absolute atomic E-state index is 0.337. The van der Waals surface area contributed by atoms with Crippen molar-refractivity contribution in [3.05, 3.63) is 35.5 Å². The second-order valence-corrected chi connectivity index (χ2v) is 3.56. The summed E-state index contributed by atoms with van der Waals surface area (Å²) in [4.78, 5) is 11.4. The molecule has 86 valence electrons. The molecule has 5 heteroatoms. The van der Waals surface area contributed by atoms with Crippen LogP contribution in [0.5, 0.6) is 0 Å². The molecule has 0 unspecified atom stereocenters. The highest BCUT2D eigenvalue weighted by molar-refractivity contribution is 6.34. The van der Waals surface area contributed by atoms with Crippen molar-refractivity contribution in [2.24, 2.45) is 0 Å². The maximum absolute atomic E-state index is 11.4. The number of rotatable bonds is 3. The fourth-order valence-corrected chi connectivity index (χ4v) is 1.28. The third-order valence-corrected chi connectivity index (χ3v) is 2.12. The van der Waals surface area contributed by atoms with Crippen molar-refractivity contribution in [1.29, 1.82) is 0 Å². The van der Waals surface area contributed by atoms with Gasteiger partial charge < -0.3 is 16.4 Å². The molecule has 1 aromatic carbocycles. The smallest absolute Gasteiger partial charge is 0.323 e. The summed E-state index contributed by atoms with van der Waals surface area (Å²) < 4.78 is 0. The number of hydrogen-bond donors (Lipinski definition) is 3. The number of carbonyl (C=O) groups excluding carboxylic acids is 1. The molecule has 0 radical (unpaired) electrons. The van der Waals surface area contributed by atoms with E-state index in [9.17, 15) is 4.79 Å². The lowest BCUT2D eigenvalue weighted by atomic mass is 10.3. The number of allylic oxidation sites excluding steroid dienone is 1. The van der Waals surface area contributed by atoms with E-state index in [0.29, 0.717) is 16.4 Å². The second kappa shape index (κ2) is 6.02. The van der Waals surface area contributed by atoms with Gasteiger partial charge in [-0.25, -0.2) is 4.79 Å². The third-order valence-electron chi connectivity index (χ3n) is 1.81. The van der Waals surface area contributed by atoms with Crippen LogP contribution in [0.3, 0.4) is 0 Å². The van der Waals surface area contributed by atoms with Gasteiger partial charge in [-0.3, -0.25) is 0 Å². The highest BCUT2D eigenvalue weighted by Gasteiger charge is 2.03. The lowest BCUT2D eigenvalue weighted by Gasteiger charge is -2.07. The molecule has 16 heavy (non-hydrogen) atoms. The molecule has 0 saturated carbocycles. The molecule has 4 nitrogen and oxygen atoms in total. The average molecular weight is 240 g/mol. The summed E-state index contributed by atoms with van der Waals surface area (Å²) in [6.07, 6.45) is 4.29. The Hall–Kier alpha value is -1.68. The fourth-order valence-electron chi connectivity index (χ4n) is 1.04. The Morgan fingerprint density at radius 1 is 1.56 bits per heavy atom. The Balaban J connectivity index is 2.59. The van der Waals surface area contributed by atoms with Crippen molar-refractivity contribution in [2.45, 2.75) is 13.3 Å². The van der Waals surface area contributed by atoms with Gasteiger partial charge >= 0.3 is 6.03 Å². The van der Waals surface area contributed by atoms with E-state index >= 15 is 0 Å². The second-order valence-electron chi connectivity index (χ2n) is 3.15. The Kier molecular flexibility index (Phi) is 4.66. The van der Waals surface area contributed by atoms with Crippen molar-refractivity contribution < 1.29 is 4.79 Å². The zero-order chi connectivity index (χ0) is 12.0. The minimum Gasteiger partial charge on any atom is -0.399 e. The van der Waals surface area contributed by atoms with Crippen LogP contribution in [0, 0.1) is 0 Å². The summed E-state index contributed by atoms with van der Waals surface area (Å²) in [6.45, 7) is 1.98. The summed E-state index contributed by atoms with van der Waals surface area (Å²) in [5, 5.41) is 5.57. The number of amides is 2. The van der Waals surface area contributed by atoms with Crippen molar-refractivity contribution in [3.63, 3.8) is 0 Å². The highest BCUT2D eigenvalue weighted by Crippen LogP contribution is 2.23. The molecule has 0 aliphatic rings. The van der Waals surface area contributed by atoms with E-state index < -0.39 is 0 Å². The molecule has 0 saturated heterocycles. The lowest BCUT2D eigenvalue weighted by molar-refractivity contribution is 0.255. The first-order chi connectivity index (χ1) is 7.63. The number of hydrogen-bond acceptors (Lipinski definition) is 2. The van der Waals surface area contributed by atoms with Crippen LogP contribution in [0.1, 0.15) is 13.3 Å². The molecule has 2 amide bonds. The van der Waals surface area contributed by atoms with Gasteiger partial charge in [-0.15, -0.1) is 0 Å². The Labute approximate surface area is 99.5 Å². The summed E-state index contributed by atoms with van der Waals surface area (Å²) in [5.41, 5.74) is 6.62. The SMILES string of the molecule is CC/C=C/NC(=O)Nc1ccc(N)cc1Cl. The van der Waals surface area contributed by atoms with Crippen molar-refractivity contribution in [1.82, 2.24) is 5.32 Å². The van der Waals surface area contributed by atoms with Gasteiger partial charge in [-0.1, -0.05) is 24.6 Å². The Morgan fingerprint density at radius 2 is 2.31 bits per heavy atom. The highest BCUT2D eigenvalue weighted by atomic mass is 35.5. The fraction of sp³-hybridized carbons (Fsp3) is 0.182. The maximum Gasteiger partial charge on any atom is 0.323 e. The van der Waals surface area contributed by atoms with Crippen LogP contribution >= 0.6 is 11.6 Å². The quantitative estimate of drug-likeness (QED) is 0.710. The summed E-state index contributed by atoms with van der Waals surface area (Å²) >= 11 is 5.89. The molecular weight excluding hydrogens is 226 g/mol. The molecule has 0 atom stereocenters. The molecule has 0 aliphatic heterocycles. The normalized spacial score (nSPS) is 10.4. The van der Waals surface area contributed by atoms with Crippen molar-refractivity contribution in [3.8, 4) is 0 Å². The zero-order valence-corrected chi connectivity index (χ0v) is 9.71. The molecule has 1 aromatic rings. The molecule has 0 aromatic heterocycles. The average Bonchev–Trinajstić information content (AvgIpc) is 2.23. The third kappa shape index (κ3) is 3.82. The molecule has 0 spiro atoms. The molecule has 0 aliphatic carbocycles. The van der Waals surface area contributed by atoms with Crippen LogP contribution in [-0.2, 0) is 0 Å². The maximum atomic E-state index is 11.4. The molecule has 0 heterocycles. The number of urea groups is 1. The van der Waals surface area contributed by atoms with E-state index in [4.69, 9.17) is 17.3 Å². The summed E-state index contributed by atoms with van der Waals surface area (Å²) in [7, 11) is 0. The monoisotopic (exact) mass is 239 g/mol. The molecule has 4 N–H and O–H groups in total. The summed E-state index contributed by atoms with van der Waals surface area (Å²) in [6, 6.07) is 4.57. The van der Waals surface area contributed by atoms with E-state index in [-0.39, 0.29) is 6.03 Å². The first-order valence-electron chi connectivity index (χ1n) is 4.91. The van der Waals surface area contributed by atoms with Gasteiger partial charge in [0.1, 0.15) is 0 Å². The molecule has 0 fully saturated rings. The number of anilines is 2. The molecule has 0 bridgehead atoms. The minimum atomic E-state index is -0.337. The Morgan fingerprint density at radius 3 is 2.94 bits per heavy atom. The number of carbonyl (C=O) groups is 1. The molecule has 1 rings (SSSR count). The van der Waals surface area contributed by atoms with Crippen LogP contribution in [-0.4, -0.2) is 6.03 Å². The van der Waals surface area contributed by atoms with Gasteiger partial charge in [0.2, 0.25) is 0 Å². The topological polar surface area (TPSA) is 67.2 Å². The van der Waals surface area contributed by atoms with Crippen LogP contribution in [0.25, 0.3) is 0 Å². The largest absolute Gasteiger partial charge is 0.399 e. The van der Waals surface area contributed by atoms with Gasteiger partial charge in [0, 0.05) is 11.9 Å². The zero-order valence-electron chi connectivity index (χ0n) is 8.96. The van der Waals surface area contributed by atoms with Gasteiger partial charge in [0.25, 0.3) is 0 Å². The van der Waals surface area contributed by atoms with Crippen molar-refractivity contribution >= 4 is 29.0 Å². The number of benzene rings is 1.